The lowest BCUT2D eigenvalue weighted by Crippen LogP contribution is -2.33. The van der Waals surface area contributed by atoms with Crippen LogP contribution in [0.1, 0.15) is 18.1 Å². The number of fused-ring (bicyclic) bond motifs is 2. The fraction of sp³-hybridized carbons (Fsp3) is 0.139. The van der Waals surface area contributed by atoms with Gasteiger partial charge in [-0.25, -0.2) is 17.9 Å². The van der Waals surface area contributed by atoms with Gasteiger partial charge in [-0.1, -0.05) is 66.7 Å². The van der Waals surface area contributed by atoms with E-state index < -0.39 is 28.1 Å². The summed E-state index contributed by atoms with van der Waals surface area (Å²) in [7, 11) is -4.25. The topological polar surface area (TPSA) is 139 Å². The van der Waals surface area contributed by atoms with Crippen LogP contribution in [-0.2, 0) is 26.0 Å². The number of halogens is 3. The molecule has 1 amide bonds. The summed E-state index contributed by atoms with van der Waals surface area (Å²) in [5.74, 6) is -3.06. The molecule has 0 aliphatic carbocycles. The largest absolute Gasteiger partial charge is 0.490 e. The number of carboxylic acids is 1. The highest BCUT2D eigenvalue weighted by Crippen LogP contribution is 2.37. The first-order valence-electron chi connectivity index (χ1n) is 15.1. The summed E-state index contributed by atoms with van der Waals surface area (Å²) in [6, 6.07) is 28.3. The van der Waals surface area contributed by atoms with Crippen LogP contribution in [0, 0.1) is 6.92 Å². The number of aliphatic carboxylic acids is 1. The number of aromatic nitrogens is 1. The highest BCUT2D eigenvalue weighted by Gasteiger charge is 2.38. The van der Waals surface area contributed by atoms with Crippen molar-refractivity contribution in [2.45, 2.75) is 31.3 Å². The van der Waals surface area contributed by atoms with Crippen molar-refractivity contribution in [3.63, 3.8) is 0 Å². The molecule has 6 aromatic rings. The smallest absolute Gasteiger partial charge is 0.475 e. The highest BCUT2D eigenvalue weighted by molar-refractivity contribution is 7.90. The Bertz CT molecular complexity index is 2340. The molecule has 0 bridgehead atoms. The first-order valence-corrected chi connectivity index (χ1v) is 16.6. The van der Waals surface area contributed by atoms with Crippen LogP contribution in [0.5, 0.6) is 0 Å². The number of nitrogens with zero attached hydrogens (tertiary/aromatic N) is 2. The van der Waals surface area contributed by atoms with E-state index in [9.17, 15) is 31.2 Å². The zero-order valence-electron chi connectivity index (χ0n) is 26.6. The van der Waals surface area contributed by atoms with Crippen molar-refractivity contribution in [1.82, 2.24) is 9.29 Å². The molecule has 0 unspecified atom stereocenters. The number of rotatable bonds is 8. The van der Waals surface area contributed by atoms with Crippen molar-refractivity contribution in [3.05, 3.63) is 131 Å². The second-order valence-electron chi connectivity index (χ2n) is 11.1. The van der Waals surface area contributed by atoms with Crippen LogP contribution >= 0.6 is 0 Å². The Kier molecular flexibility index (Phi) is 10.1. The van der Waals surface area contributed by atoms with Crippen molar-refractivity contribution in [1.29, 1.82) is 0 Å². The molecule has 0 radical (unpaired) electrons. The van der Waals surface area contributed by atoms with Crippen molar-refractivity contribution >= 4 is 55.0 Å². The van der Waals surface area contributed by atoms with Crippen molar-refractivity contribution in [2.75, 3.05) is 11.4 Å². The molecule has 14 heteroatoms. The van der Waals surface area contributed by atoms with E-state index in [1.165, 1.54) is 12.1 Å². The monoisotopic (exact) mass is 705 g/mol. The number of hydrogen-bond donors (Lipinski definition) is 2. The molecule has 2 N–H and O–H groups in total. The van der Waals surface area contributed by atoms with E-state index in [0.29, 0.717) is 40.3 Å². The number of sulfonamides is 1. The van der Waals surface area contributed by atoms with Gasteiger partial charge in [0.05, 0.1) is 23.2 Å². The molecular formula is C36H30F3N3O7S. The van der Waals surface area contributed by atoms with Crippen LogP contribution in [0.25, 0.3) is 27.6 Å². The van der Waals surface area contributed by atoms with Gasteiger partial charge in [-0.2, -0.15) is 13.2 Å². The van der Waals surface area contributed by atoms with Crippen LogP contribution in [0.2, 0.25) is 0 Å². The summed E-state index contributed by atoms with van der Waals surface area (Å²) in [6.45, 7) is 4.10. The lowest BCUT2D eigenvalue weighted by molar-refractivity contribution is -0.192. The van der Waals surface area contributed by atoms with Gasteiger partial charge in [0.2, 0.25) is 11.8 Å². The van der Waals surface area contributed by atoms with Crippen LogP contribution in [-0.4, -0.2) is 42.7 Å². The number of aryl methyl sites for hydroxylation is 1. The Morgan fingerprint density at radius 2 is 1.46 bits per heavy atom. The maximum absolute atomic E-state index is 13.6. The maximum Gasteiger partial charge on any atom is 0.490 e. The number of anilines is 2. The van der Waals surface area contributed by atoms with E-state index in [2.05, 4.69) is 4.72 Å². The molecule has 0 atom stereocenters. The Morgan fingerprint density at radius 1 is 0.880 bits per heavy atom. The van der Waals surface area contributed by atoms with Gasteiger partial charge >= 0.3 is 12.1 Å². The summed E-state index contributed by atoms with van der Waals surface area (Å²) in [4.78, 5) is 36.8. The van der Waals surface area contributed by atoms with Crippen molar-refractivity contribution in [2.24, 2.45) is 0 Å². The average Bonchev–Trinajstić information content (AvgIpc) is 3.50. The fourth-order valence-electron chi connectivity index (χ4n) is 5.31. The molecule has 0 saturated carbocycles. The van der Waals surface area contributed by atoms with Gasteiger partial charge in [-0.15, -0.1) is 0 Å². The van der Waals surface area contributed by atoms with E-state index in [1.807, 2.05) is 62.6 Å². The van der Waals surface area contributed by atoms with E-state index in [4.69, 9.17) is 14.3 Å². The molecule has 258 valence electrons. The third-order valence-electron chi connectivity index (χ3n) is 7.50. The number of benzene rings is 4. The summed E-state index contributed by atoms with van der Waals surface area (Å²) >= 11 is 0. The minimum absolute atomic E-state index is 0.0666. The molecule has 4 aromatic carbocycles. The number of carbonyl (C=O) groups is 2. The summed E-state index contributed by atoms with van der Waals surface area (Å²) < 4.78 is 69.3. The number of para-hydroxylation sites is 1. The average molecular weight is 706 g/mol. The third kappa shape index (κ3) is 7.87. The van der Waals surface area contributed by atoms with Gasteiger partial charge in [-0.05, 0) is 60.0 Å². The molecular weight excluding hydrogens is 675 g/mol. The fourth-order valence-corrected chi connectivity index (χ4v) is 6.50. The number of amides is 1. The summed E-state index contributed by atoms with van der Waals surface area (Å²) in [5.41, 5.74) is 2.50. The predicted octanol–water partition coefficient (Wildman–Crippen LogP) is 6.88. The Balaban J connectivity index is 0.000000630. The highest BCUT2D eigenvalue weighted by atomic mass is 32.2. The van der Waals surface area contributed by atoms with Gasteiger partial charge in [0.25, 0.3) is 10.0 Å². The molecule has 2 aromatic heterocycles. The minimum atomic E-state index is -5.08. The second-order valence-corrected chi connectivity index (χ2v) is 12.8. The van der Waals surface area contributed by atoms with Gasteiger partial charge in [0.15, 0.2) is 11.0 Å². The lowest BCUT2D eigenvalue weighted by atomic mass is 10.1. The number of carboxylic acid groups (broad SMARTS) is 1. The molecule has 0 aliphatic heterocycles. The number of nitrogens with one attached hydrogen (secondary N) is 1. The molecule has 0 aliphatic rings. The van der Waals surface area contributed by atoms with Crippen LogP contribution in [0.4, 0.5) is 24.5 Å². The standard InChI is InChI=1S/C34H29N3O5S.C2HF3O2/c1-3-37(28-15-9-10-16-31(28)43(40,41)35-32(39)19-24-11-5-4-6-12-24)29-18-23(2)17-27-30(38)20-33(42-34(27)29)36-21-25-13-7-8-14-26(25)22-36;3-2(4,5)1(6)7/h4-18,20-22H,3,19H2,1-2H3,(H,35,39);(H,6,7). The van der Waals surface area contributed by atoms with Crippen LogP contribution in [0.3, 0.4) is 0 Å². The molecule has 0 spiro atoms. The molecule has 50 heavy (non-hydrogen) atoms. The Hall–Kier alpha value is -5.89. The summed E-state index contributed by atoms with van der Waals surface area (Å²) in [6.07, 6.45) is -1.37. The zero-order chi connectivity index (χ0) is 36.2. The molecule has 6 rings (SSSR count). The van der Waals surface area contributed by atoms with Gasteiger partial charge < -0.3 is 14.4 Å². The molecule has 10 nitrogen and oxygen atoms in total. The molecule has 0 saturated heterocycles. The van der Waals surface area contributed by atoms with Gasteiger partial charge in [0, 0.05) is 25.0 Å². The molecule has 0 fully saturated rings. The quantitative estimate of drug-likeness (QED) is 0.175. The Morgan fingerprint density at radius 3 is 2.06 bits per heavy atom. The summed E-state index contributed by atoms with van der Waals surface area (Å²) in [5, 5.41) is 9.50. The predicted molar refractivity (Wildman–Crippen MR) is 182 cm³/mol. The van der Waals surface area contributed by atoms with Gasteiger partial charge in [0.1, 0.15) is 4.90 Å². The van der Waals surface area contributed by atoms with Crippen molar-refractivity contribution < 1.29 is 40.7 Å². The zero-order valence-corrected chi connectivity index (χ0v) is 27.5. The maximum atomic E-state index is 13.6. The second kappa shape index (κ2) is 14.3. The SMILES string of the molecule is CCN(c1ccccc1S(=O)(=O)NC(=O)Cc1ccccc1)c1cc(C)cc2c(=O)cc(-n3cc4ccccc4c3)oc12.O=C(O)C(F)(F)F. The van der Waals surface area contributed by atoms with E-state index >= 15 is 0 Å². The first-order chi connectivity index (χ1) is 23.7. The van der Waals surface area contributed by atoms with E-state index in [-0.39, 0.29) is 16.7 Å². The van der Waals surface area contributed by atoms with Crippen LogP contribution in [0.15, 0.2) is 124 Å². The lowest BCUT2D eigenvalue weighted by Gasteiger charge is -2.27. The van der Waals surface area contributed by atoms with Crippen molar-refractivity contribution in [3.8, 4) is 5.88 Å². The normalized spacial score (nSPS) is 11.5. The molecule has 2 heterocycles. The third-order valence-corrected chi connectivity index (χ3v) is 8.92. The van der Waals surface area contributed by atoms with Crippen LogP contribution < -0.4 is 15.1 Å². The minimum Gasteiger partial charge on any atom is -0.475 e. The van der Waals surface area contributed by atoms with Gasteiger partial charge in [-0.3, -0.25) is 14.2 Å². The number of hydrogen-bond acceptors (Lipinski definition) is 7. The van der Waals surface area contributed by atoms with E-state index in [0.717, 1.165) is 16.3 Å². The Labute approximate surface area is 284 Å². The number of carbonyl (C=O) groups excluding carboxylic acids is 1. The van der Waals surface area contributed by atoms with E-state index in [1.54, 1.807) is 58.0 Å². The number of alkyl halides is 3. The first kappa shape index (κ1) is 35.4.